The summed E-state index contributed by atoms with van der Waals surface area (Å²) in [5, 5.41) is 31.7. The van der Waals surface area contributed by atoms with Gasteiger partial charge in [0.2, 0.25) is 41.4 Å². The number of unbranched alkanes of at least 4 members (excludes halogenated alkanes) is 6. The number of esters is 2. The van der Waals surface area contributed by atoms with Crippen molar-refractivity contribution >= 4 is 98.7 Å². The minimum atomic E-state index is -5.16. The van der Waals surface area contributed by atoms with E-state index in [0.29, 0.717) is 54.6 Å². The summed E-state index contributed by atoms with van der Waals surface area (Å²) < 4.78 is 64.7. The van der Waals surface area contributed by atoms with Crippen molar-refractivity contribution in [1.29, 1.82) is 0 Å². The normalized spacial score (nSPS) is 20.9. The van der Waals surface area contributed by atoms with Gasteiger partial charge in [0.05, 0.1) is 26.0 Å². The van der Waals surface area contributed by atoms with Crippen LogP contribution in [0.2, 0.25) is 0 Å². The number of carbonyl (C=O) groups excluding carboxylic acids is 13. The number of anilines is 1. The number of phosphoric acid groups is 2. The third kappa shape index (κ3) is 42.1. The fraction of sp³-hybridized carbons (Fsp3) is 0.631. The largest absolute Gasteiger partial charge is 0.481 e. The molecule has 1 aliphatic rings. The number of nitrogens with one attached hydrogen (secondary N) is 9. The average Bonchev–Trinajstić information content (AvgIpc) is 1.04. The quantitative estimate of drug-likeness (QED) is 0.00832. The van der Waals surface area contributed by atoms with Gasteiger partial charge in [-0.15, -0.1) is 5.10 Å². The lowest BCUT2D eigenvalue weighted by Gasteiger charge is -2.33. The Balaban J connectivity index is 0.0000200. The Labute approximate surface area is 733 Å². The summed E-state index contributed by atoms with van der Waals surface area (Å²) in [6.07, 6.45) is 5.45. The van der Waals surface area contributed by atoms with Crippen LogP contribution < -0.4 is 53.6 Å². The van der Waals surface area contributed by atoms with Crippen LogP contribution >= 0.6 is 15.6 Å². The molecule has 0 spiro atoms. The van der Waals surface area contributed by atoms with E-state index in [-0.39, 0.29) is 120 Å². The molecule has 125 heavy (non-hydrogen) atoms. The van der Waals surface area contributed by atoms with Crippen molar-refractivity contribution in [2.45, 2.75) is 267 Å². The van der Waals surface area contributed by atoms with E-state index < -0.39 is 167 Å². The molecule has 2 aromatic carbocycles. The number of aromatic nitrogens is 3. The molecule has 0 radical (unpaired) electrons. The van der Waals surface area contributed by atoms with Crippen molar-refractivity contribution in [2.24, 2.45) is 29.4 Å². The second-order valence-electron chi connectivity index (χ2n) is 31.3. The van der Waals surface area contributed by atoms with Crippen LogP contribution in [0.4, 0.5) is 20.1 Å². The van der Waals surface area contributed by atoms with Crippen molar-refractivity contribution in [3.05, 3.63) is 101 Å². The maximum absolute atomic E-state index is 14.4. The molecule has 12 amide bonds. The highest BCUT2D eigenvalue weighted by Crippen LogP contribution is 2.60. The van der Waals surface area contributed by atoms with Gasteiger partial charge in [-0.3, -0.25) is 52.1 Å². The first kappa shape index (κ1) is 109. The predicted octanol–water partition coefficient (Wildman–Crippen LogP) is 8.38. The maximum Gasteiger partial charge on any atom is 0.481 e. The van der Waals surface area contributed by atoms with Crippen LogP contribution in [0.25, 0.3) is 0 Å². The summed E-state index contributed by atoms with van der Waals surface area (Å²) in [4.78, 5) is 199. The Bertz CT molecular complexity index is 4080. The molecule has 0 aliphatic carbocycles. The lowest BCUT2D eigenvalue weighted by Crippen LogP contribution is -2.57. The van der Waals surface area contributed by atoms with E-state index in [2.05, 4.69) is 62.5 Å². The van der Waals surface area contributed by atoms with Crippen LogP contribution in [0.1, 0.15) is 204 Å². The van der Waals surface area contributed by atoms with Crippen LogP contribution in [0, 0.1) is 23.7 Å². The molecule has 13 N–H and O–H groups in total. The van der Waals surface area contributed by atoms with Crippen molar-refractivity contribution in [3.63, 3.8) is 0 Å². The van der Waals surface area contributed by atoms with Gasteiger partial charge in [0, 0.05) is 82.9 Å². The van der Waals surface area contributed by atoms with Crippen molar-refractivity contribution in [3.8, 4) is 0 Å². The summed E-state index contributed by atoms with van der Waals surface area (Å²) >= 11 is 0. The number of aryl methyl sites for hydroxylation is 1. The molecule has 700 valence electrons. The Morgan fingerprint density at radius 1 is 0.720 bits per heavy atom. The van der Waals surface area contributed by atoms with Crippen molar-refractivity contribution in [2.75, 3.05) is 58.8 Å². The van der Waals surface area contributed by atoms with Crippen molar-refractivity contribution < 1.29 is 114 Å². The summed E-state index contributed by atoms with van der Waals surface area (Å²) in [6.45, 7) is 23.3. The molecule has 0 saturated carbocycles. The number of alkyl carbamates (subject to hydrolysis) is 2. The van der Waals surface area contributed by atoms with E-state index in [1.807, 2.05) is 13.8 Å². The summed E-state index contributed by atoms with van der Waals surface area (Å²) in [7, 11) is -7.52. The van der Waals surface area contributed by atoms with E-state index in [1.165, 1.54) is 45.8 Å². The molecule has 0 fully saturated rings. The summed E-state index contributed by atoms with van der Waals surface area (Å²) in [5.74, 6) is -8.77. The zero-order valence-corrected chi connectivity index (χ0v) is 76.9. The average molecular weight is 1800 g/mol. The Morgan fingerprint density at radius 3 is 1.91 bits per heavy atom. The van der Waals surface area contributed by atoms with Crippen LogP contribution in [-0.2, 0) is 109 Å². The molecular formula is C84H135N15O24P2. The number of phosphoric ester groups is 2. The van der Waals surface area contributed by atoms with Gasteiger partial charge in [0.25, 0.3) is 5.91 Å². The third-order valence-corrected chi connectivity index (χ3v) is 22.8. The molecule has 4 rings (SSSR count). The Hall–Kier alpha value is -10.2. The van der Waals surface area contributed by atoms with Gasteiger partial charge in [0.15, 0.2) is 6.10 Å². The predicted molar refractivity (Wildman–Crippen MR) is 464 cm³/mol. The number of likely N-dealkylation sites (N-methyl/N-ethyl adjacent to an activating group) is 2. The van der Waals surface area contributed by atoms with Gasteiger partial charge in [-0.05, 0) is 152 Å². The van der Waals surface area contributed by atoms with Crippen LogP contribution in [-0.4, -0.2) is 220 Å². The number of urea groups is 1. The van der Waals surface area contributed by atoms with E-state index in [9.17, 15) is 81.2 Å². The number of nitrogens with zero attached hydrogens (tertiary/aromatic N) is 5. The number of benzene rings is 2. The number of hydrogen-bond donors (Lipinski definition) is 12. The molecule has 13 atom stereocenters. The van der Waals surface area contributed by atoms with Crippen LogP contribution in [0.3, 0.4) is 0 Å². The zero-order valence-electron chi connectivity index (χ0n) is 75.1. The summed E-state index contributed by atoms with van der Waals surface area (Å²) in [6, 6.07) is 7.44. The van der Waals surface area contributed by atoms with E-state index in [0.717, 1.165) is 17.7 Å². The smallest absolute Gasteiger partial charge is 0.456 e. The summed E-state index contributed by atoms with van der Waals surface area (Å²) in [5.41, 5.74) is 7.29. The zero-order chi connectivity index (χ0) is 93.5. The molecule has 0 bridgehead atoms. The van der Waals surface area contributed by atoms with Gasteiger partial charge in [0.1, 0.15) is 55.1 Å². The lowest BCUT2D eigenvalue weighted by atomic mass is 9.90. The maximum atomic E-state index is 14.4. The second kappa shape index (κ2) is 57.4. The first-order chi connectivity index (χ1) is 59.1. The van der Waals surface area contributed by atoms with Gasteiger partial charge in [-0.2, -0.15) is 4.31 Å². The number of amides is 12. The van der Waals surface area contributed by atoms with Gasteiger partial charge >= 0.3 is 45.8 Å². The molecule has 1 aliphatic heterocycles. The SMILES string of the molecule is C/C=C(\C)[C@H]1OC(=O)[C@@H](C)NC(=O)[C@H](C(C)CC)NC(=O)CN(C)C(=O)[C@@H](Cc2ccccc2)N(C)C(=O)[C@H](C)NC(=O)[C@@H](CC(C)C)OC(=O)/C(C)=C/C[C@H](OC(=O)NCCCCCOP(=O)(O)OP(=O)(O)OCCCCCNC(=O)OCc2ccc(NC(=O)[C@@H](CCCNC(N)=O)NC(=O)[C@H](NC(=O)CCCCCn3ccnn3)C(C)C)cc2)[C@@H]1C.CC. The first-order valence-corrected chi connectivity index (χ1v) is 45.7. The van der Waals surface area contributed by atoms with E-state index in [4.69, 9.17) is 33.7 Å². The number of nitrogens with two attached hydrogens (primary N) is 1. The van der Waals surface area contributed by atoms with Crippen molar-refractivity contribution in [1.82, 2.24) is 67.3 Å². The minimum Gasteiger partial charge on any atom is -0.456 e. The Morgan fingerprint density at radius 2 is 1.33 bits per heavy atom. The Kier molecular flexibility index (Phi) is 50.1. The topological polar surface area (TPSA) is 533 Å². The molecule has 1 aromatic heterocycles. The molecule has 2 heterocycles. The fourth-order valence-electron chi connectivity index (χ4n) is 12.6. The molecule has 39 nitrogen and oxygen atoms in total. The fourth-order valence-corrected chi connectivity index (χ4v) is 14.8. The lowest BCUT2D eigenvalue weighted by molar-refractivity contribution is -0.155. The number of hydrogen-bond acceptors (Lipinski definition) is 24. The minimum absolute atomic E-state index is 0.0117. The number of allylic oxidation sites excluding steroid dienone is 1. The monoisotopic (exact) mass is 1800 g/mol. The number of rotatable bonds is 42. The van der Waals surface area contributed by atoms with Crippen LogP contribution in [0.5, 0.6) is 0 Å². The van der Waals surface area contributed by atoms with Gasteiger partial charge in [-0.25, -0.2) is 33.1 Å². The number of primary amides is 1. The molecule has 3 unspecified atom stereocenters. The number of ether oxygens (including phenoxy) is 4. The molecule has 0 saturated heterocycles. The van der Waals surface area contributed by atoms with E-state index in [1.54, 1.807) is 140 Å². The highest BCUT2D eigenvalue weighted by atomic mass is 31.3. The number of cyclic esters (lactones) is 2. The third-order valence-electron chi connectivity index (χ3n) is 20.2. The molecule has 41 heteroatoms. The van der Waals surface area contributed by atoms with Gasteiger partial charge in [-0.1, -0.05) is 135 Å². The van der Waals surface area contributed by atoms with Gasteiger partial charge < -0.3 is 92.1 Å². The second-order valence-corrected chi connectivity index (χ2v) is 34.3. The molecular weight excluding hydrogens is 1660 g/mol. The van der Waals surface area contributed by atoms with E-state index >= 15 is 0 Å². The highest BCUT2D eigenvalue weighted by Gasteiger charge is 2.40. The molecule has 3 aromatic rings. The first-order valence-electron chi connectivity index (χ1n) is 42.7. The standard InChI is InChI=1S/C82H129N15O24P2.C2H6/c1-15-54(7)70-75(103)89-59(12)79(107)120-71(55(8)16-2)57(10)65(39-34-56(9)78(106)118-66(48-52(3)4)73(101)88-58(11)76(104)96(14)64(49-60-30-21-17-22-31-60)77(105)95(13)50-68(99)93-70)119-82(110)86-41-25-20-28-47-117-123(113,114)121-122(111,112)116-46-27-19-24-40-85-81(109)115-51-61-35-37-62(38-36-61)90-72(100)63(32-29-42-84-80(83)108)91-74(102)69(53(5)6)92-67(98)33-23-18-26-44-97-45-43-87-94-97;1-2/h16-17,21-22,30-31,34-38,43,45,52-54,57-59,63-66,69-71H,15,18-20,23-29,32-33,39-42,44,46-51H2,1-14H3,(H,85,109)(H,86,110)(H,88,101)(H,89,103)(H,90,100)(H,91,102)(H,92,98)(H,93,99)(H,111,112)(H,113,114)(H3,83,84,108);1-2H3/b55-16+,56-34+;/t54?,57-,58-,59+,63+,64+,65-,66+,69+,70-,71+;/m0./s1. The van der Waals surface area contributed by atoms with Crippen LogP contribution in [0.15, 0.2) is 90.3 Å². The number of carbonyl (C=O) groups is 13. The highest BCUT2D eigenvalue weighted by molar-refractivity contribution is 7.61.